The maximum absolute atomic E-state index is 13.2. The van der Waals surface area contributed by atoms with Crippen LogP contribution in [0, 0.1) is 19.3 Å². The number of hydrogen-bond donors (Lipinski definition) is 1. The molecule has 1 atom stereocenters. The van der Waals surface area contributed by atoms with Crippen molar-refractivity contribution in [2.24, 2.45) is 12.5 Å². The Morgan fingerprint density at radius 1 is 1.21 bits per heavy atom. The SMILES string of the molecule is COC(=O)C(C)(C)[C@@H](c1ccc(C)c(CN2Cc3ncccc3OC(C)(C)C2)c1)c1ccc2c(nnn2C)c1C.O=CO. The van der Waals surface area contributed by atoms with Crippen LogP contribution in [0.15, 0.2) is 48.7 Å². The lowest BCUT2D eigenvalue weighted by Crippen LogP contribution is -2.40. The van der Waals surface area contributed by atoms with Gasteiger partial charge in [-0.3, -0.25) is 19.5 Å². The molecule has 10 heteroatoms. The van der Waals surface area contributed by atoms with Crippen molar-refractivity contribution in [3.63, 3.8) is 0 Å². The molecule has 0 unspecified atom stereocenters. The van der Waals surface area contributed by atoms with E-state index in [-0.39, 0.29) is 24.0 Å². The van der Waals surface area contributed by atoms with E-state index in [9.17, 15) is 4.79 Å². The number of hydrogen-bond acceptors (Lipinski definition) is 8. The summed E-state index contributed by atoms with van der Waals surface area (Å²) in [7, 11) is 3.34. The van der Waals surface area contributed by atoms with Crippen molar-refractivity contribution in [2.45, 2.75) is 66.2 Å². The number of rotatable bonds is 6. The van der Waals surface area contributed by atoms with Crippen molar-refractivity contribution in [1.29, 1.82) is 0 Å². The largest absolute Gasteiger partial charge is 0.485 e. The molecule has 1 aliphatic heterocycles. The molecule has 0 fully saturated rings. The van der Waals surface area contributed by atoms with Gasteiger partial charge in [-0.2, -0.15) is 0 Å². The number of ether oxygens (including phenoxy) is 2. The molecule has 3 heterocycles. The highest BCUT2D eigenvalue weighted by Crippen LogP contribution is 2.44. The first-order valence-electron chi connectivity index (χ1n) is 14.2. The van der Waals surface area contributed by atoms with E-state index in [1.165, 1.54) is 18.2 Å². The highest BCUT2D eigenvalue weighted by Gasteiger charge is 2.41. The summed E-state index contributed by atoms with van der Waals surface area (Å²) in [5.74, 6) is 0.333. The summed E-state index contributed by atoms with van der Waals surface area (Å²) in [5.41, 5.74) is 7.08. The van der Waals surface area contributed by atoms with E-state index in [1.807, 2.05) is 45.3 Å². The third kappa shape index (κ3) is 6.54. The summed E-state index contributed by atoms with van der Waals surface area (Å²) in [6, 6.07) is 14.6. The van der Waals surface area contributed by atoms with Gasteiger partial charge in [-0.15, -0.1) is 5.10 Å². The Bertz CT molecular complexity index is 1630. The number of carboxylic acid groups (broad SMARTS) is 1. The first-order valence-corrected chi connectivity index (χ1v) is 14.2. The predicted molar refractivity (Wildman–Crippen MR) is 164 cm³/mol. The molecule has 0 saturated heterocycles. The van der Waals surface area contributed by atoms with E-state index in [0.717, 1.165) is 52.3 Å². The van der Waals surface area contributed by atoms with Gasteiger partial charge in [0.05, 0.1) is 23.7 Å². The smallest absolute Gasteiger partial charge is 0.312 e. The molecule has 43 heavy (non-hydrogen) atoms. The van der Waals surface area contributed by atoms with E-state index in [2.05, 4.69) is 72.2 Å². The third-order valence-corrected chi connectivity index (χ3v) is 8.14. The Balaban J connectivity index is 0.00000135. The Labute approximate surface area is 252 Å². The molecule has 0 bridgehead atoms. The van der Waals surface area contributed by atoms with Crippen molar-refractivity contribution >= 4 is 23.5 Å². The van der Waals surface area contributed by atoms with Crippen LogP contribution in [0.4, 0.5) is 0 Å². The number of carbonyl (C=O) groups is 2. The van der Waals surface area contributed by atoms with Gasteiger partial charge in [-0.1, -0.05) is 29.5 Å². The molecule has 10 nitrogen and oxygen atoms in total. The molecular weight excluding hydrogens is 546 g/mol. The average Bonchev–Trinajstić information content (AvgIpc) is 3.26. The Kier molecular flexibility index (Phi) is 9.20. The number of methoxy groups -OCH3 is 1. The fraction of sp³-hybridized carbons (Fsp3) is 0.424. The second-order valence-electron chi connectivity index (χ2n) is 12.3. The zero-order chi connectivity index (χ0) is 31.5. The van der Waals surface area contributed by atoms with E-state index < -0.39 is 5.41 Å². The Morgan fingerprint density at radius 2 is 1.93 bits per heavy atom. The zero-order valence-corrected chi connectivity index (χ0v) is 26.2. The van der Waals surface area contributed by atoms with Crippen molar-refractivity contribution in [2.75, 3.05) is 13.7 Å². The van der Waals surface area contributed by atoms with Gasteiger partial charge in [-0.25, -0.2) is 4.68 Å². The summed E-state index contributed by atoms with van der Waals surface area (Å²) in [4.78, 5) is 28.6. The first kappa shape index (κ1) is 31.6. The van der Waals surface area contributed by atoms with Crippen LogP contribution in [0.5, 0.6) is 5.75 Å². The molecule has 5 rings (SSSR count). The lowest BCUT2D eigenvalue weighted by atomic mass is 9.69. The average molecular weight is 588 g/mol. The van der Waals surface area contributed by atoms with Crippen LogP contribution < -0.4 is 4.74 Å². The van der Waals surface area contributed by atoms with Crippen molar-refractivity contribution in [3.05, 3.63) is 82.2 Å². The van der Waals surface area contributed by atoms with Crippen molar-refractivity contribution in [1.82, 2.24) is 24.9 Å². The maximum Gasteiger partial charge on any atom is 0.312 e. The molecule has 0 radical (unpaired) electrons. The maximum atomic E-state index is 13.2. The molecule has 0 saturated carbocycles. The number of aromatic nitrogens is 4. The quantitative estimate of drug-likeness (QED) is 0.240. The highest BCUT2D eigenvalue weighted by atomic mass is 16.5. The molecule has 2 aromatic carbocycles. The number of fused-ring (bicyclic) bond motifs is 2. The lowest BCUT2D eigenvalue weighted by Gasteiger charge is -2.34. The van der Waals surface area contributed by atoms with Crippen LogP contribution in [0.2, 0.25) is 0 Å². The molecule has 1 N–H and O–H groups in total. The van der Waals surface area contributed by atoms with Crippen molar-refractivity contribution < 1.29 is 24.2 Å². The second-order valence-corrected chi connectivity index (χ2v) is 12.3. The molecule has 0 spiro atoms. The summed E-state index contributed by atoms with van der Waals surface area (Å²) in [6.45, 7) is 14.3. The molecule has 2 aromatic heterocycles. The number of esters is 1. The minimum Gasteiger partial charge on any atom is -0.485 e. The van der Waals surface area contributed by atoms with Crippen LogP contribution in [-0.4, -0.2) is 61.7 Å². The molecule has 0 aliphatic carbocycles. The minimum absolute atomic E-state index is 0.250. The normalized spacial score (nSPS) is 15.3. The molecular formula is C33H41N5O5. The van der Waals surface area contributed by atoms with Crippen molar-refractivity contribution in [3.8, 4) is 5.75 Å². The van der Waals surface area contributed by atoms with Crippen LogP contribution >= 0.6 is 0 Å². The number of aryl methyl sites for hydroxylation is 3. The summed E-state index contributed by atoms with van der Waals surface area (Å²) in [5, 5.41) is 15.5. The molecule has 228 valence electrons. The van der Waals surface area contributed by atoms with Crippen LogP contribution in [0.1, 0.15) is 67.1 Å². The standard InChI is InChI=1S/C32H39N5O3.CH2O2/c1-20-11-12-22(16-23(20)17-37-18-25-27(10-9-15-33-25)40-31(3,4)19-37)28(32(5,6)30(38)39-8)24-13-14-26-29(21(24)2)34-35-36(26)7;2-1-3/h9-16,28H,17-19H2,1-8H3;1H,(H,2,3)/t28-;/m0./s1. The zero-order valence-electron chi connectivity index (χ0n) is 26.2. The fourth-order valence-electron chi connectivity index (χ4n) is 6.09. The van der Waals surface area contributed by atoms with Gasteiger partial charge < -0.3 is 14.6 Å². The number of nitrogens with zero attached hydrogens (tertiary/aromatic N) is 5. The lowest BCUT2D eigenvalue weighted by molar-refractivity contribution is -0.151. The van der Waals surface area contributed by atoms with E-state index in [1.54, 1.807) is 4.68 Å². The number of benzene rings is 2. The molecule has 1 aliphatic rings. The number of carbonyl (C=O) groups excluding carboxylic acids is 1. The van der Waals surface area contributed by atoms with Gasteiger partial charge in [0.25, 0.3) is 6.47 Å². The Morgan fingerprint density at radius 3 is 2.63 bits per heavy atom. The van der Waals surface area contributed by atoms with Crippen LogP contribution in [-0.2, 0) is 34.5 Å². The monoisotopic (exact) mass is 587 g/mol. The summed E-state index contributed by atoms with van der Waals surface area (Å²) >= 11 is 0. The predicted octanol–water partition coefficient (Wildman–Crippen LogP) is 5.19. The molecule has 0 amide bonds. The van der Waals surface area contributed by atoms with Gasteiger partial charge in [0.15, 0.2) is 0 Å². The van der Waals surface area contributed by atoms with Gasteiger partial charge in [0.2, 0.25) is 0 Å². The van der Waals surface area contributed by atoms with Gasteiger partial charge in [0.1, 0.15) is 16.9 Å². The minimum atomic E-state index is -0.830. The highest BCUT2D eigenvalue weighted by molar-refractivity contribution is 5.82. The first-order chi connectivity index (χ1) is 20.3. The van der Waals surface area contributed by atoms with E-state index in [4.69, 9.17) is 19.4 Å². The van der Waals surface area contributed by atoms with E-state index >= 15 is 0 Å². The Hall–Kier alpha value is -4.31. The fourth-order valence-corrected chi connectivity index (χ4v) is 6.09. The van der Waals surface area contributed by atoms with Gasteiger partial charge >= 0.3 is 5.97 Å². The number of pyridine rings is 1. The van der Waals surface area contributed by atoms with Gasteiger partial charge in [0, 0.05) is 38.8 Å². The van der Waals surface area contributed by atoms with Gasteiger partial charge in [-0.05, 0) is 87.6 Å². The van der Waals surface area contributed by atoms with E-state index in [0.29, 0.717) is 6.54 Å². The summed E-state index contributed by atoms with van der Waals surface area (Å²) < 4.78 is 13.4. The van der Waals surface area contributed by atoms with Crippen LogP contribution in [0.3, 0.4) is 0 Å². The summed E-state index contributed by atoms with van der Waals surface area (Å²) in [6.07, 6.45) is 1.82. The second kappa shape index (κ2) is 12.5. The third-order valence-electron chi connectivity index (χ3n) is 8.14. The topological polar surface area (TPSA) is 120 Å². The van der Waals surface area contributed by atoms with Crippen LogP contribution in [0.25, 0.3) is 11.0 Å². The molecule has 4 aromatic rings.